The zero-order chi connectivity index (χ0) is 13.8. The van der Waals surface area contributed by atoms with E-state index in [1.54, 1.807) is 19.1 Å². The van der Waals surface area contributed by atoms with Gasteiger partial charge < -0.3 is 5.32 Å². The van der Waals surface area contributed by atoms with Crippen molar-refractivity contribution in [2.24, 2.45) is 0 Å². The Bertz CT molecular complexity index is 595. The van der Waals surface area contributed by atoms with Crippen LogP contribution in [-0.2, 0) is 6.54 Å². The van der Waals surface area contributed by atoms with Gasteiger partial charge in [-0.25, -0.2) is 0 Å². The average Bonchev–Trinajstić information content (AvgIpc) is 2.84. The zero-order valence-electron chi connectivity index (χ0n) is 10.7. The minimum Gasteiger partial charge on any atom is -0.310 e. The predicted molar refractivity (Wildman–Crippen MR) is 67.9 cm³/mol. The lowest BCUT2D eigenvalue weighted by Gasteiger charge is -2.08. The largest absolute Gasteiger partial charge is 0.310 e. The molecule has 0 atom stereocenters. The number of hydrogen-bond acceptors (Lipinski definition) is 6. The van der Waals surface area contributed by atoms with E-state index in [2.05, 4.69) is 20.8 Å². The minimum absolute atomic E-state index is 0.0578. The van der Waals surface area contributed by atoms with Crippen molar-refractivity contribution < 1.29 is 4.92 Å². The summed E-state index contributed by atoms with van der Waals surface area (Å²) in [5.74, 6) is 0.616. The Morgan fingerprint density at radius 1 is 1.47 bits per heavy atom. The smallest absolute Gasteiger partial charge is 0.274 e. The molecule has 100 valence electrons. The summed E-state index contributed by atoms with van der Waals surface area (Å²) in [5.41, 5.74) is 1.21. The summed E-state index contributed by atoms with van der Waals surface area (Å²) in [6.45, 7) is 4.96. The molecule has 0 unspecified atom stereocenters. The number of aromatic nitrogens is 4. The molecule has 0 fully saturated rings. The van der Waals surface area contributed by atoms with Crippen molar-refractivity contribution in [3.8, 4) is 5.69 Å². The van der Waals surface area contributed by atoms with Crippen molar-refractivity contribution in [3.63, 3.8) is 0 Å². The van der Waals surface area contributed by atoms with Gasteiger partial charge in [0.1, 0.15) is 0 Å². The second kappa shape index (κ2) is 5.53. The highest BCUT2D eigenvalue weighted by Gasteiger charge is 2.17. The molecular weight excluding hydrogens is 248 g/mol. The molecule has 0 aliphatic rings. The number of rotatable bonds is 5. The molecule has 8 heteroatoms. The Hall–Kier alpha value is -2.35. The molecule has 19 heavy (non-hydrogen) atoms. The summed E-state index contributed by atoms with van der Waals surface area (Å²) in [7, 11) is 0. The Labute approximate surface area is 109 Å². The maximum Gasteiger partial charge on any atom is 0.274 e. The number of nitro benzene ring substituents is 1. The van der Waals surface area contributed by atoms with E-state index in [1.807, 2.05) is 6.92 Å². The molecular formula is C11H14N6O2. The number of hydrogen-bond donors (Lipinski definition) is 1. The second-order valence-electron chi connectivity index (χ2n) is 3.97. The molecule has 0 radical (unpaired) electrons. The Morgan fingerprint density at radius 2 is 2.26 bits per heavy atom. The quantitative estimate of drug-likeness (QED) is 0.637. The normalized spacial score (nSPS) is 10.6. The first-order chi connectivity index (χ1) is 9.15. The summed E-state index contributed by atoms with van der Waals surface area (Å²) in [4.78, 5) is 10.5. The molecule has 1 heterocycles. The summed E-state index contributed by atoms with van der Waals surface area (Å²) in [6, 6.07) is 4.85. The Kier molecular flexibility index (Phi) is 3.81. The third-order valence-corrected chi connectivity index (χ3v) is 2.77. The van der Waals surface area contributed by atoms with Crippen LogP contribution in [0, 0.1) is 17.0 Å². The van der Waals surface area contributed by atoms with Gasteiger partial charge in [-0.3, -0.25) is 10.1 Å². The second-order valence-corrected chi connectivity index (χ2v) is 3.97. The lowest BCUT2D eigenvalue weighted by molar-refractivity contribution is -0.385. The van der Waals surface area contributed by atoms with E-state index < -0.39 is 4.92 Å². The van der Waals surface area contributed by atoms with Crippen LogP contribution in [0.25, 0.3) is 5.69 Å². The van der Waals surface area contributed by atoms with Crippen molar-refractivity contribution in [2.45, 2.75) is 20.4 Å². The monoisotopic (exact) mass is 262 g/mol. The number of nitrogens with zero attached hydrogens (tertiary/aromatic N) is 5. The third kappa shape index (κ3) is 2.58. The predicted octanol–water partition coefficient (Wildman–Crippen LogP) is 0.988. The molecule has 2 aromatic rings. The van der Waals surface area contributed by atoms with E-state index in [0.717, 1.165) is 6.54 Å². The summed E-state index contributed by atoms with van der Waals surface area (Å²) in [5, 5.41) is 25.5. The third-order valence-electron chi connectivity index (χ3n) is 2.77. The van der Waals surface area contributed by atoms with Crippen LogP contribution in [0.3, 0.4) is 0 Å². The fourth-order valence-corrected chi connectivity index (χ4v) is 1.78. The van der Waals surface area contributed by atoms with E-state index in [4.69, 9.17) is 0 Å². The first-order valence-corrected chi connectivity index (χ1v) is 5.87. The van der Waals surface area contributed by atoms with Gasteiger partial charge in [0.2, 0.25) is 0 Å². The zero-order valence-corrected chi connectivity index (χ0v) is 10.7. The highest BCUT2D eigenvalue weighted by Crippen LogP contribution is 2.23. The van der Waals surface area contributed by atoms with Crippen LogP contribution >= 0.6 is 0 Å². The molecule has 2 rings (SSSR count). The van der Waals surface area contributed by atoms with Gasteiger partial charge in [-0.15, -0.1) is 5.10 Å². The van der Waals surface area contributed by atoms with Crippen LogP contribution in [0.4, 0.5) is 5.69 Å². The van der Waals surface area contributed by atoms with Gasteiger partial charge >= 0.3 is 0 Å². The maximum absolute atomic E-state index is 10.9. The van der Waals surface area contributed by atoms with E-state index in [9.17, 15) is 10.1 Å². The van der Waals surface area contributed by atoms with Gasteiger partial charge in [0, 0.05) is 6.07 Å². The van der Waals surface area contributed by atoms with Gasteiger partial charge in [-0.2, -0.15) is 4.68 Å². The minimum atomic E-state index is -0.410. The lowest BCUT2D eigenvalue weighted by atomic mass is 10.1. The first kappa shape index (κ1) is 13.1. The summed E-state index contributed by atoms with van der Waals surface area (Å²) in [6.07, 6.45) is 0. The van der Waals surface area contributed by atoms with Crippen LogP contribution in [0.5, 0.6) is 0 Å². The standard InChI is InChI=1S/C11H14N6O2/c1-3-12-7-11-13-14-15-16(11)9-5-4-6-10(8(9)2)17(18)19/h4-6,12H,3,7H2,1-2H3. The van der Waals surface area contributed by atoms with Crippen molar-refractivity contribution in [2.75, 3.05) is 6.54 Å². The van der Waals surface area contributed by atoms with Gasteiger partial charge in [-0.05, 0) is 30.0 Å². The van der Waals surface area contributed by atoms with Crippen LogP contribution in [-0.4, -0.2) is 31.7 Å². The fraction of sp³-hybridized carbons (Fsp3) is 0.364. The molecule has 0 spiro atoms. The number of benzene rings is 1. The SMILES string of the molecule is CCNCc1nnnn1-c1cccc([N+](=O)[O-])c1C. The van der Waals surface area contributed by atoms with E-state index in [1.165, 1.54) is 10.7 Å². The van der Waals surface area contributed by atoms with Crippen LogP contribution < -0.4 is 5.32 Å². The molecule has 1 N–H and O–H groups in total. The Morgan fingerprint density at radius 3 is 2.95 bits per heavy atom. The van der Waals surface area contributed by atoms with Gasteiger partial charge in [-0.1, -0.05) is 13.0 Å². The summed E-state index contributed by atoms with van der Waals surface area (Å²) < 4.78 is 1.52. The molecule has 1 aromatic heterocycles. The molecule has 8 nitrogen and oxygen atoms in total. The fourth-order valence-electron chi connectivity index (χ4n) is 1.78. The average molecular weight is 262 g/mol. The molecule has 0 bridgehead atoms. The van der Waals surface area contributed by atoms with E-state index >= 15 is 0 Å². The van der Waals surface area contributed by atoms with Crippen LogP contribution in [0.1, 0.15) is 18.3 Å². The number of nitrogens with one attached hydrogen (secondary N) is 1. The molecule has 0 aliphatic heterocycles. The van der Waals surface area contributed by atoms with Crippen LogP contribution in [0.15, 0.2) is 18.2 Å². The first-order valence-electron chi connectivity index (χ1n) is 5.87. The van der Waals surface area contributed by atoms with Crippen molar-refractivity contribution >= 4 is 5.69 Å². The molecule has 0 saturated heterocycles. The topological polar surface area (TPSA) is 98.8 Å². The van der Waals surface area contributed by atoms with Crippen molar-refractivity contribution in [3.05, 3.63) is 39.7 Å². The van der Waals surface area contributed by atoms with Gasteiger partial charge in [0.05, 0.1) is 22.7 Å². The van der Waals surface area contributed by atoms with E-state index in [0.29, 0.717) is 23.6 Å². The summed E-state index contributed by atoms with van der Waals surface area (Å²) >= 11 is 0. The number of nitro groups is 1. The van der Waals surface area contributed by atoms with Crippen LogP contribution in [0.2, 0.25) is 0 Å². The molecule has 1 aromatic carbocycles. The number of tetrazole rings is 1. The van der Waals surface area contributed by atoms with Gasteiger partial charge in [0.25, 0.3) is 5.69 Å². The molecule has 0 amide bonds. The molecule has 0 aliphatic carbocycles. The lowest BCUT2D eigenvalue weighted by Crippen LogP contribution is -2.16. The van der Waals surface area contributed by atoms with E-state index in [-0.39, 0.29) is 5.69 Å². The van der Waals surface area contributed by atoms with Crippen molar-refractivity contribution in [1.29, 1.82) is 0 Å². The highest BCUT2D eigenvalue weighted by molar-refractivity contribution is 5.52. The maximum atomic E-state index is 10.9. The highest BCUT2D eigenvalue weighted by atomic mass is 16.6. The Balaban J connectivity index is 2.45. The molecule has 0 saturated carbocycles. The van der Waals surface area contributed by atoms with Crippen molar-refractivity contribution in [1.82, 2.24) is 25.5 Å². The van der Waals surface area contributed by atoms with Gasteiger partial charge in [0.15, 0.2) is 5.82 Å².